The highest BCUT2D eigenvalue weighted by Crippen LogP contribution is 2.40. The van der Waals surface area contributed by atoms with Crippen molar-refractivity contribution in [3.8, 4) is 0 Å². The molecule has 0 saturated carbocycles. The predicted octanol–water partition coefficient (Wildman–Crippen LogP) is -0.374. The molecule has 0 aromatic heterocycles. The fourth-order valence-electron chi connectivity index (χ4n) is 2.66. The molecule has 2 heterocycles. The number of nitrogens with zero attached hydrogens (tertiary/aromatic N) is 1. The second-order valence-corrected chi connectivity index (χ2v) is 4.63. The van der Waals surface area contributed by atoms with Gasteiger partial charge in [0.2, 0.25) is 5.91 Å². The number of nitrogens with one attached hydrogen (secondary N) is 1. The van der Waals surface area contributed by atoms with Crippen LogP contribution in [0, 0.1) is 5.41 Å². The van der Waals surface area contributed by atoms with Crippen LogP contribution in [0.3, 0.4) is 0 Å². The quantitative estimate of drug-likeness (QED) is 0.527. The zero-order valence-corrected chi connectivity index (χ0v) is 9.14. The maximum absolute atomic E-state index is 11.8. The van der Waals surface area contributed by atoms with Gasteiger partial charge in [0.15, 0.2) is 0 Å². The number of likely N-dealkylation sites (tertiary alicyclic amines) is 1. The van der Waals surface area contributed by atoms with Crippen molar-refractivity contribution < 1.29 is 19.8 Å². The van der Waals surface area contributed by atoms with Crippen molar-refractivity contribution in [3.05, 3.63) is 0 Å². The van der Waals surface area contributed by atoms with Crippen LogP contribution in [0.25, 0.3) is 0 Å². The molecule has 16 heavy (non-hydrogen) atoms. The minimum absolute atomic E-state index is 0.141. The van der Waals surface area contributed by atoms with Crippen molar-refractivity contribution in [2.45, 2.75) is 31.9 Å². The van der Waals surface area contributed by atoms with Crippen LogP contribution in [0.15, 0.2) is 0 Å². The number of aliphatic hydroxyl groups excluding tert-OH is 1. The van der Waals surface area contributed by atoms with Gasteiger partial charge < -0.3 is 20.4 Å². The standard InChI is InChI=1S/C10H16N2O4/c1-6-7(13)10(8(14)11-6)2-4-12(5-3-10)9(15)16/h6-7,13H,2-5H2,1H3,(H,11,14)(H,15,16). The number of carboxylic acid groups (broad SMARTS) is 1. The van der Waals surface area contributed by atoms with Crippen LogP contribution in [0.5, 0.6) is 0 Å². The molecule has 2 fully saturated rings. The molecule has 2 atom stereocenters. The molecular weight excluding hydrogens is 212 g/mol. The smallest absolute Gasteiger partial charge is 0.407 e. The minimum Gasteiger partial charge on any atom is -0.465 e. The number of carbonyl (C=O) groups is 2. The number of carbonyl (C=O) groups excluding carboxylic acids is 1. The van der Waals surface area contributed by atoms with E-state index in [0.29, 0.717) is 25.9 Å². The number of hydrogen-bond acceptors (Lipinski definition) is 3. The third-order valence-electron chi connectivity index (χ3n) is 3.78. The van der Waals surface area contributed by atoms with Gasteiger partial charge in [0.05, 0.1) is 17.6 Å². The Balaban J connectivity index is 2.12. The summed E-state index contributed by atoms with van der Waals surface area (Å²) in [5.41, 5.74) is -0.772. The Labute approximate surface area is 93.2 Å². The van der Waals surface area contributed by atoms with Gasteiger partial charge >= 0.3 is 6.09 Å². The molecule has 6 nitrogen and oxygen atoms in total. The Morgan fingerprint density at radius 1 is 1.50 bits per heavy atom. The Morgan fingerprint density at radius 3 is 2.44 bits per heavy atom. The lowest BCUT2D eigenvalue weighted by molar-refractivity contribution is -0.134. The summed E-state index contributed by atoms with van der Waals surface area (Å²) in [5, 5.41) is 21.6. The second kappa shape index (κ2) is 3.62. The van der Waals surface area contributed by atoms with Crippen molar-refractivity contribution in [1.82, 2.24) is 10.2 Å². The van der Waals surface area contributed by atoms with E-state index in [1.54, 1.807) is 6.92 Å². The Kier molecular flexibility index (Phi) is 2.53. The molecule has 2 rings (SSSR count). The van der Waals surface area contributed by atoms with Crippen LogP contribution in [-0.2, 0) is 4.79 Å². The fourth-order valence-corrected chi connectivity index (χ4v) is 2.66. The van der Waals surface area contributed by atoms with Crippen LogP contribution in [0.2, 0.25) is 0 Å². The van der Waals surface area contributed by atoms with Crippen molar-refractivity contribution in [2.75, 3.05) is 13.1 Å². The highest BCUT2D eigenvalue weighted by atomic mass is 16.4. The molecule has 2 amide bonds. The van der Waals surface area contributed by atoms with Crippen molar-refractivity contribution in [1.29, 1.82) is 0 Å². The Bertz CT molecular complexity index is 323. The molecule has 90 valence electrons. The predicted molar refractivity (Wildman–Crippen MR) is 54.9 cm³/mol. The first-order valence-corrected chi connectivity index (χ1v) is 5.44. The summed E-state index contributed by atoms with van der Waals surface area (Å²) < 4.78 is 0. The summed E-state index contributed by atoms with van der Waals surface area (Å²) in [6.45, 7) is 2.39. The molecule has 2 aliphatic rings. The number of hydrogen-bond donors (Lipinski definition) is 3. The minimum atomic E-state index is -0.962. The summed E-state index contributed by atoms with van der Waals surface area (Å²) >= 11 is 0. The van der Waals surface area contributed by atoms with Gasteiger partial charge in [-0.05, 0) is 19.8 Å². The summed E-state index contributed by atoms with van der Waals surface area (Å²) in [7, 11) is 0. The lowest BCUT2D eigenvalue weighted by Gasteiger charge is -2.38. The summed E-state index contributed by atoms with van der Waals surface area (Å²) in [4.78, 5) is 23.8. The number of rotatable bonds is 0. The lowest BCUT2D eigenvalue weighted by Crippen LogP contribution is -2.49. The van der Waals surface area contributed by atoms with Gasteiger partial charge in [-0.15, -0.1) is 0 Å². The molecule has 1 spiro atoms. The molecule has 2 saturated heterocycles. The molecule has 6 heteroatoms. The van der Waals surface area contributed by atoms with Gasteiger partial charge in [-0.2, -0.15) is 0 Å². The van der Waals surface area contributed by atoms with E-state index in [9.17, 15) is 14.7 Å². The molecule has 2 aliphatic heterocycles. The van der Waals surface area contributed by atoms with Gasteiger partial charge in [-0.3, -0.25) is 4.79 Å². The zero-order valence-electron chi connectivity index (χ0n) is 9.14. The largest absolute Gasteiger partial charge is 0.465 e. The number of amides is 2. The molecule has 0 bridgehead atoms. The number of aliphatic hydroxyl groups is 1. The van der Waals surface area contributed by atoms with Gasteiger partial charge in [-0.1, -0.05) is 0 Å². The van der Waals surface area contributed by atoms with Crippen molar-refractivity contribution in [3.63, 3.8) is 0 Å². The van der Waals surface area contributed by atoms with E-state index in [1.165, 1.54) is 4.90 Å². The molecule has 0 aromatic rings. The van der Waals surface area contributed by atoms with E-state index in [4.69, 9.17) is 5.11 Å². The average molecular weight is 228 g/mol. The fraction of sp³-hybridized carbons (Fsp3) is 0.800. The van der Waals surface area contributed by atoms with Crippen LogP contribution >= 0.6 is 0 Å². The SMILES string of the molecule is CC1NC(=O)C2(CCN(C(=O)O)CC2)C1O. The summed E-state index contributed by atoms with van der Waals surface area (Å²) in [6.07, 6.45) is -0.875. The average Bonchev–Trinajstić information content (AvgIpc) is 2.45. The zero-order chi connectivity index (χ0) is 11.9. The van der Waals surface area contributed by atoms with Gasteiger partial charge in [0, 0.05) is 13.1 Å². The van der Waals surface area contributed by atoms with Crippen LogP contribution < -0.4 is 5.32 Å². The molecule has 0 radical (unpaired) electrons. The first kappa shape index (κ1) is 11.2. The van der Waals surface area contributed by atoms with E-state index in [-0.39, 0.29) is 11.9 Å². The molecule has 3 N–H and O–H groups in total. The maximum Gasteiger partial charge on any atom is 0.407 e. The van der Waals surface area contributed by atoms with Gasteiger partial charge in [-0.25, -0.2) is 4.79 Å². The van der Waals surface area contributed by atoms with Crippen LogP contribution in [-0.4, -0.2) is 52.3 Å². The first-order valence-electron chi connectivity index (χ1n) is 5.44. The normalized spacial score (nSPS) is 32.9. The Hall–Kier alpha value is -1.30. The van der Waals surface area contributed by atoms with Crippen molar-refractivity contribution >= 4 is 12.0 Å². The Morgan fingerprint density at radius 2 is 2.06 bits per heavy atom. The van der Waals surface area contributed by atoms with Gasteiger partial charge in [0.1, 0.15) is 0 Å². The highest BCUT2D eigenvalue weighted by molar-refractivity contribution is 5.86. The lowest BCUT2D eigenvalue weighted by atomic mass is 9.74. The summed E-state index contributed by atoms with van der Waals surface area (Å²) in [6, 6.07) is -0.246. The highest BCUT2D eigenvalue weighted by Gasteiger charge is 2.54. The van der Waals surface area contributed by atoms with E-state index in [0.717, 1.165) is 0 Å². The van der Waals surface area contributed by atoms with Crippen molar-refractivity contribution in [2.24, 2.45) is 5.41 Å². The van der Waals surface area contributed by atoms with Crippen LogP contribution in [0.1, 0.15) is 19.8 Å². The number of piperidine rings is 1. The first-order chi connectivity index (χ1) is 7.47. The van der Waals surface area contributed by atoms with Gasteiger partial charge in [0.25, 0.3) is 0 Å². The summed E-state index contributed by atoms with van der Waals surface area (Å²) in [5.74, 6) is -0.141. The van der Waals surface area contributed by atoms with E-state index >= 15 is 0 Å². The van der Waals surface area contributed by atoms with E-state index in [1.807, 2.05) is 0 Å². The molecule has 2 unspecified atom stereocenters. The third-order valence-corrected chi connectivity index (χ3v) is 3.78. The van der Waals surface area contributed by atoms with E-state index < -0.39 is 17.6 Å². The molecule has 0 aromatic carbocycles. The van der Waals surface area contributed by atoms with Crippen LogP contribution in [0.4, 0.5) is 4.79 Å². The second-order valence-electron chi connectivity index (χ2n) is 4.63. The molecular formula is C10H16N2O4. The maximum atomic E-state index is 11.8. The molecule has 0 aliphatic carbocycles. The monoisotopic (exact) mass is 228 g/mol. The topological polar surface area (TPSA) is 89.9 Å². The van der Waals surface area contributed by atoms with E-state index in [2.05, 4.69) is 5.32 Å². The third kappa shape index (κ3) is 1.44.